The van der Waals surface area contributed by atoms with Gasteiger partial charge in [-0.25, -0.2) is 4.98 Å². The second-order valence-electron chi connectivity index (χ2n) is 3.63. The van der Waals surface area contributed by atoms with E-state index in [4.69, 9.17) is 0 Å². The first-order chi connectivity index (χ1) is 8.18. The number of hydrogen-bond acceptors (Lipinski definition) is 3. The van der Waals surface area contributed by atoms with E-state index < -0.39 is 0 Å². The fourth-order valence-corrected chi connectivity index (χ4v) is 2.56. The van der Waals surface area contributed by atoms with Gasteiger partial charge in [0.05, 0.1) is 5.56 Å². The van der Waals surface area contributed by atoms with Gasteiger partial charge in [-0.2, -0.15) is 11.3 Å². The summed E-state index contributed by atoms with van der Waals surface area (Å²) in [5.74, 6) is -0.0313. The van der Waals surface area contributed by atoms with Gasteiger partial charge < -0.3 is 4.90 Å². The fraction of sp³-hybridized carbons (Fsp3) is 0.167. The lowest BCUT2D eigenvalue weighted by molar-refractivity contribution is 0.0784. The van der Waals surface area contributed by atoms with Gasteiger partial charge in [0.1, 0.15) is 4.60 Å². The van der Waals surface area contributed by atoms with Crippen LogP contribution in [0.25, 0.3) is 0 Å². The van der Waals surface area contributed by atoms with Crippen LogP contribution in [0.3, 0.4) is 0 Å². The summed E-state index contributed by atoms with van der Waals surface area (Å²) in [6.45, 7) is 0.615. The lowest BCUT2D eigenvalue weighted by Crippen LogP contribution is -2.26. The van der Waals surface area contributed by atoms with E-state index in [-0.39, 0.29) is 5.91 Å². The predicted octanol–water partition coefficient (Wildman–Crippen LogP) is 3.18. The van der Waals surface area contributed by atoms with Gasteiger partial charge in [-0.05, 0) is 50.5 Å². The molecule has 2 aromatic heterocycles. The number of carbonyl (C=O) groups excluding carboxylic acids is 1. The second-order valence-corrected chi connectivity index (χ2v) is 5.17. The summed E-state index contributed by atoms with van der Waals surface area (Å²) in [5.41, 5.74) is 1.73. The highest BCUT2D eigenvalue weighted by Gasteiger charge is 2.15. The topological polar surface area (TPSA) is 33.2 Å². The zero-order valence-corrected chi connectivity index (χ0v) is 11.7. The molecule has 2 aromatic rings. The lowest BCUT2D eigenvalue weighted by atomic mass is 10.2. The second kappa shape index (κ2) is 5.42. The van der Waals surface area contributed by atoms with Crippen LogP contribution < -0.4 is 0 Å². The molecule has 3 nitrogen and oxygen atoms in total. The fourth-order valence-electron chi connectivity index (χ4n) is 1.48. The van der Waals surface area contributed by atoms with Crippen molar-refractivity contribution in [2.24, 2.45) is 0 Å². The molecule has 0 unspecified atom stereocenters. The van der Waals surface area contributed by atoms with E-state index in [0.717, 1.165) is 5.56 Å². The quantitative estimate of drug-likeness (QED) is 0.816. The molecule has 0 N–H and O–H groups in total. The Hall–Kier alpha value is -1.20. The summed E-state index contributed by atoms with van der Waals surface area (Å²) in [7, 11) is 1.79. The van der Waals surface area contributed by atoms with Gasteiger partial charge in [0.25, 0.3) is 5.91 Å². The highest BCUT2D eigenvalue weighted by atomic mass is 79.9. The average molecular weight is 311 g/mol. The Morgan fingerprint density at radius 1 is 1.53 bits per heavy atom. The van der Waals surface area contributed by atoms with Crippen LogP contribution in [0.2, 0.25) is 0 Å². The third kappa shape index (κ3) is 2.92. The maximum atomic E-state index is 12.2. The smallest absolute Gasteiger partial charge is 0.256 e. The number of nitrogens with zero attached hydrogens (tertiary/aromatic N) is 2. The normalized spacial score (nSPS) is 10.2. The molecule has 0 bridgehead atoms. The van der Waals surface area contributed by atoms with Gasteiger partial charge >= 0.3 is 0 Å². The molecule has 1 amide bonds. The van der Waals surface area contributed by atoms with Crippen LogP contribution in [0.4, 0.5) is 0 Å². The number of rotatable bonds is 3. The molecule has 0 aliphatic rings. The van der Waals surface area contributed by atoms with Crippen molar-refractivity contribution in [1.82, 2.24) is 9.88 Å². The summed E-state index contributed by atoms with van der Waals surface area (Å²) in [6.07, 6.45) is 1.65. The third-order valence-corrected chi connectivity index (χ3v) is 3.70. The van der Waals surface area contributed by atoms with Crippen LogP contribution in [-0.4, -0.2) is 22.8 Å². The molecule has 0 radical (unpaired) electrons. The molecule has 17 heavy (non-hydrogen) atoms. The minimum absolute atomic E-state index is 0.0313. The minimum atomic E-state index is -0.0313. The maximum absolute atomic E-state index is 12.2. The molecule has 0 aliphatic carbocycles. The number of hydrogen-bond donors (Lipinski definition) is 0. The summed E-state index contributed by atoms with van der Waals surface area (Å²) >= 11 is 4.92. The van der Waals surface area contributed by atoms with Crippen LogP contribution in [0.5, 0.6) is 0 Å². The van der Waals surface area contributed by atoms with Gasteiger partial charge in [-0.3, -0.25) is 4.79 Å². The van der Waals surface area contributed by atoms with Crippen molar-refractivity contribution in [2.45, 2.75) is 6.54 Å². The van der Waals surface area contributed by atoms with Gasteiger partial charge in [0, 0.05) is 19.8 Å². The zero-order chi connectivity index (χ0) is 12.3. The maximum Gasteiger partial charge on any atom is 0.256 e. The molecular weight excluding hydrogens is 300 g/mol. The van der Waals surface area contributed by atoms with Gasteiger partial charge in [0.2, 0.25) is 0 Å². The lowest BCUT2D eigenvalue weighted by Gasteiger charge is -2.16. The minimum Gasteiger partial charge on any atom is -0.337 e. The summed E-state index contributed by atoms with van der Waals surface area (Å²) in [6, 6.07) is 5.55. The number of halogens is 1. The number of aromatic nitrogens is 1. The Bertz CT molecular complexity index is 513. The molecule has 88 valence electrons. The summed E-state index contributed by atoms with van der Waals surface area (Å²) in [4.78, 5) is 17.9. The van der Waals surface area contributed by atoms with E-state index >= 15 is 0 Å². The molecule has 2 rings (SSSR count). The molecule has 0 saturated heterocycles. The van der Waals surface area contributed by atoms with Crippen LogP contribution in [-0.2, 0) is 6.54 Å². The summed E-state index contributed by atoms with van der Waals surface area (Å²) < 4.78 is 0.585. The SMILES string of the molecule is CN(Cc1ccsc1)C(=O)c1cccnc1Br. The first-order valence-corrected chi connectivity index (χ1v) is 6.79. The number of carbonyl (C=O) groups is 1. The van der Waals surface area contributed by atoms with E-state index in [9.17, 15) is 4.79 Å². The van der Waals surface area contributed by atoms with Crippen molar-refractivity contribution in [3.8, 4) is 0 Å². The van der Waals surface area contributed by atoms with Crippen molar-refractivity contribution in [2.75, 3.05) is 7.05 Å². The highest BCUT2D eigenvalue weighted by molar-refractivity contribution is 9.10. The molecule has 0 saturated carbocycles. The Balaban J connectivity index is 2.13. The van der Waals surface area contributed by atoms with Crippen LogP contribution in [0.1, 0.15) is 15.9 Å². The van der Waals surface area contributed by atoms with Gasteiger partial charge in [-0.1, -0.05) is 0 Å². The number of thiophene rings is 1. The molecule has 5 heteroatoms. The highest BCUT2D eigenvalue weighted by Crippen LogP contribution is 2.16. The summed E-state index contributed by atoms with van der Waals surface area (Å²) in [5, 5.41) is 4.05. The zero-order valence-electron chi connectivity index (χ0n) is 9.26. The van der Waals surface area contributed by atoms with E-state index in [1.165, 1.54) is 0 Å². The van der Waals surface area contributed by atoms with E-state index in [1.54, 1.807) is 41.6 Å². The van der Waals surface area contributed by atoms with Crippen molar-refractivity contribution >= 4 is 33.2 Å². The van der Waals surface area contributed by atoms with E-state index in [2.05, 4.69) is 20.9 Å². The van der Waals surface area contributed by atoms with E-state index in [1.807, 2.05) is 16.8 Å². The van der Waals surface area contributed by atoms with E-state index in [0.29, 0.717) is 16.7 Å². The molecule has 0 atom stereocenters. The standard InChI is InChI=1S/C12H11BrN2OS/c1-15(7-9-4-6-17-8-9)12(16)10-3-2-5-14-11(10)13/h2-6,8H,7H2,1H3. The van der Waals surface area contributed by atoms with Crippen LogP contribution >= 0.6 is 27.3 Å². The third-order valence-electron chi connectivity index (χ3n) is 2.34. The van der Waals surface area contributed by atoms with Crippen LogP contribution in [0, 0.1) is 0 Å². The van der Waals surface area contributed by atoms with Crippen LogP contribution in [0.15, 0.2) is 39.8 Å². The number of amides is 1. The Morgan fingerprint density at radius 3 is 3.00 bits per heavy atom. The average Bonchev–Trinajstić information content (AvgIpc) is 2.81. The molecule has 0 aliphatic heterocycles. The predicted molar refractivity (Wildman–Crippen MR) is 72.1 cm³/mol. The Labute approximate surface area is 112 Å². The van der Waals surface area contributed by atoms with Crippen molar-refractivity contribution in [3.63, 3.8) is 0 Å². The number of pyridine rings is 1. The molecule has 2 heterocycles. The molecule has 0 spiro atoms. The first kappa shape index (κ1) is 12.3. The molecular formula is C12H11BrN2OS. The first-order valence-electron chi connectivity index (χ1n) is 5.05. The monoisotopic (exact) mass is 310 g/mol. The van der Waals surface area contributed by atoms with Crippen molar-refractivity contribution in [3.05, 3.63) is 50.9 Å². The van der Waals surface area contributed by atoms with Gasteiger partial charge in [0.15, 0.2) is 0 Å². The Kier molecular flexibility index (Phi) is 3.91. The van der Waals surface area contributed by atoms with Crippen molar-refractivity contribution < 1.29 is 4.79 Å². The molecule has 0 aromatic carbocycles. The Morgan fingerprint density at radius 2 is 2.35 bits per heavy atom. The van der Waals surface area contributed by atoms with Gasteiger partial charge in [-0.15, -0.1) is 0 Å². The largest absolute Gasteiger partial charge is 0.337 e. The molecule has 0 fully saturated rings. The van der Waals surface area contributed by atoms with Crippen molar-refractivity contribution in [1.29, 1.82) is 0 Å².